The second-order valence-electron chi connectivity index (χ2n) is 7.41. The number of aromatic nitrogens is 4. The van der Waals surface area contributed by atoms with E-state index in [1.165, 1.54) is 12.8 Å². The summed E-state index contributed by atoms with van der Waals surface area (Å²) in [6.07, 6.45) is 3.21. The summed E-state index contributed by atoms with van der Waals surface area (Å²) in [5, 5.41) is 13.4. The number of rotatable bonds is 10. The van der Waals surface area contributed by atoms with Crippen LogP contribution in [0.5, 0.6) is 0 Å². The van der Waals surface area contributed by atoms with Gasteiger partial charge in [-0.15, -0.1) is 0 Å². The molecule has 8 heteroatoms. The molecule has 0 aliphatic rings. The molecule has 1 aromatic carbocycles. The molecule has 2 aromatic heterocycles. The largest absolute Gasteiger partial charge is 0.388 e. The first-order chi connectivity index (χ1) is 14.5. The highest BCUT2D eigenvalue weighted by Gasteiger charge is 2.20. The van der Waals surface area contributed by atoms with Gasteiger partial charge in [-0.05, 0) is 38.9 Å². The summed E-state index contributed by atoms with van der Waals surface area (Å²) in [5.41, 5.74) is 6.72. The molecular formula is C22H34N8. The Morgan fingerprint density at radius 1 is 0.900 bits per heavy atom. The molecule has 0 fully saturated rings. The third-order valence-corrected chi connectivity index (χ3v) is 5.27. The van der Waals surface area contributed by atoms with Gasteiger partial charge in [0.1, 0.15) is 17.2 Å². The van der Waals surface area contributed by atoms with Crippen molar-refractivity contribution in [3.63, 3.8) is 0 Å². The van der Waals surface area contributed by atoms with Gasteiger partial charge in [0.25, 0.3) is 0 Å². The Morgan fingerprint density at radius 3 is 2.20 bits per heavy atom. The number of hydrogen-bond acceptors (Lipinski definition) is 7. The van der Waals surface area contributed by atoms with Gasteiger partial charge in [0.05, 0.1) is 22.8 Å². The first kappa shape index (κ1) is 21.8. The van der Waals surface area contributed by atoms with Crippen LogP contribution >= 0.6 is 0 Å². The SMILES string of the molecule is CCCCNCCc1nc(C)nc2c1nc(C)n2-c1c(NC)cc(NC)cc1NC. The van der Waals surface area contributed by atoms with Crippen molar-refractivity contribution in [2.45, 2.75) is 40.0 Å². The Hall–Kier alpha value is -2.87. The molecule has 3 rings (SSSR count). The van der Waals surface area contributed by atoms with Crippen molar-refractivity contribution in [1.82, 2.24) is 24.8 Å². The van der Waals surface area contributed by atoms with E-state index >= 15 is 0 Å². The van der Waals surface area contributed by atoms with E-state index in [9.17, 15) is 0 Å². The van der Waals surface area contributed by atoms with Crippen LogP contribution in [0.15, 0.2) is 12.1 Å². The number of nitrogens with one attached hydrogen (secondary N) is 4. The normalized spacial score (nSPS) is 11.1. The van der Waals surface area contributed by atoms with E-state index in [1.54, 1.807) is 0 Å². The first-order valence-corrected chi connectivity index (χ1v) is 10.7. The molecule has 30 heavy (non-hydrogen) atoms. The van der Waals surface area contributed by atoms with E-state index < -0.39 is 0 Å². The van der Waals surface area contributed by atoms with Gasteiger partial charge in [0, 0.05) is 39.8 Å². The van der Waals surface area contributed by atoms with E-state index in [0.717, 1.165) is 70.8 Å². The second-order valence-corrected chi connectivity index (χ2v) is 7.41. The maximum absolute atomic E-state index is 4.88. The van der Waals surface area contributed by atoms with Crippen molar-refractivity contribution in [3.05, 3.63) is 29.5 Å². The van der Waals surface area contributed by atoms with Crippen LogP contribution in [0.3, 0.4) is 0 Å². The number of aryl methyl sites for hydroxylation is 2. The van der Waals surface area contributed by atoms with Gasteiger partial charge in [-0.2, -0.15) is 0 Å². The lowest BCUT2D eigenvalue weighted by molar-refractivity contribution is 0.636. The van der Waals surface area contributed by atoms with Gasteiger partial charge >= 0.3 is 0 Å². The van der Waals surface area contributed by atoms with E-state index in [2.05, 4.69) is 44.9 Å². The van der Waals surface area contributed by atoms with Gasteiger partial charge < -0.3 is 21.3 Å². The van der Waals surface area contributed by atoms with E-state index in [-0.39, 0.29) is 0 Å². The molecule has 4 N–H and O–H groups in total. The minimum Gasteiger partial charge on any atom is -0.388 e. The molecule has 0 atom stereocenters. The molecule has 2 heterocycles. The van der Waals surface area contributed by atoms with Crippen LogP contribution in [-0.4, -0.2) is 53.8 Å². The van der Waals surface area contributed by atoms with Crippen molar-refractivity contribution < 1.29 is 0 Å². The zero-order valence-corrected chi connectivity index (χ0v) is 19.0. The number of nitrogens with zero attached hydrogens (tertiary/aromatic N) is 4. The highest BCUT2D eigenvalue weighted by Crippen LogP contribution is 2.35. The number of benzene rings is 1. The summed E-state index contributed by atoms with van der Waals surface area (Å²) in [5.74, 6) is 1.64. The standard InChI is InChI=1S/C22H34N8/c1-7-8-10-26-11-9-17-20-22(28-14(2)27-17)30(15(3)29-20)21-18(24-5)12-16(23-4)13-19(21)25-6/h12-13,23-26H,7-11H2,1-6H3. The summed E-state index contributed by atoms with van der Waals surface area (Å²) in [7, 11) is 5.78. The lowest BCUT2D eigenvalue weighted by atomic mass is 10.2. The van der Waals surface area contributed by atoms with Crippen molar-refractivity contribution in [3.8, 4) is 5.69 Å². The Labute approximate surface area is 178 Å². The van der Waals surface area contributed by atoms with Gasteiger partial charge in [-0.3, -0.25) is 4.57 Å². The van der Waals surface area contributed by atoms with Crippen molar-refractivity contribution in [1.29, 1.82) is 0 Å². The number of fused-ring (bicyclic) bond motifs is 1. The fourth-order valence-electron chi connectivity index (χ4n) is 3.72. The Kier molecular flexibility index (Phi) is 7.10. The third kappa shape index (κ3) is 4.33. The van der Waals surface area contributed by atoms with E-state index in [0.29, 0.717) is 0 Å². The molecule has 0 aliphatic carbocycles. The number of hydrogen-bond donors (Lipinski definition) is 4. The molecule has 0 bridgehead atoms. The molecule has 0 unspecified atom stereocenters. The van der Waals surface area contributed by atoms with Gasteiger partial charge in [0.2, 0.25) is 0 Å². The third-order valence-electron chi connectivity index (χ3n) is 5.27. The summed E-state index contributed by atoms with van der Waals surface area (Å²) < 4.78 is 2.12. The zero-order chi connectivity index (χ0) is 21.7. The van der Waals surface area contributed by atoms with Crippen LogP contribution in [0.1, 0.15) is 37.1 Å². The quantitative estimate of drug-likeness (QED) is 0.380. The molecule has 3 aromatic rings. The molecule has 8 nitrogen and oxygen atoms in total. The Balaban J connectivity index is 2.11. The average molecular weight is 411 g/mol. The Bertz CT molecular complexity index is 983. The number of unbranched alkanes of at least 4 members (excludes halogenated alkanes) is 1. The highest BCUT2D eigenvalue weighted by molar-refractivity contribution is 5.86. The maximum Gasteiger partial charge on any atom is 0.168 e. The zero-order valence-electron chi connectivity index (χ0n) is 19.0. The molecular weight excluding hydrogens is 376 g/mol. The van der Waals surface area contributed by atoms with Crippen LogP contribution in [0.2, 0.25) is 0 Å². The fraction of sp³-hybridized carbons (Fsp3) is 0.500. The van der Waals surface area contributed by atoms with Gasteiger partial charge in [0.15, 0.2) is 5.65 Å². The summed E-state index contributed by atoms with van der Waals surface area (Å²) in [6.45, 7) is 8.09. The van der Waals surface area contributed by atoms with Crippen LogP contribution in [0.25, 0.3) is 16.9 Å². The summed E-state index contributed by atoms with van der Waals surface area (Å²) in [4.78, 5) is 14.4. The molecule has 0 saturated carbocycles. The fourth-order valence-corrected chi connectivity index (χ4v) is 3.72. The van der Waals surface area contributed by atoms with Gasteiger partial charge in [-0.25, -0.2) is 15.0 Å². The van der Waals surface area contributed by atoms with Crippen LogP contribution in [-0.2, 0) is 6.42 Å². The molecule has 0 amide bonds. The summed E-state index contributed by atoms with van der Waals surface area (Å²) >= 11 is 0. The molecule has 0 saturated heterocycles. The molecule has 0 radical (unpaired) electrons. The molecule has 162 valence electrons. The maximum atomic E-state index is 4.88. The van der Waals surface area contributed by atoms with Crippen LogP contribution in [0, 0.1) is 13.8 Å². The number of anilines is 3. The smallest absolute Gasteiger partial charge is 0.168 e. The van der Waals surface area contributed by atoms with Crippen molar-refractivity contribution >= 4 is 28.2 Å². The minimum atomic E-state index is 0.760. The number of imidazole rings is 1. The van der Waals surface area contributed by atoms with Crippen LogP contribution < -0.4 is 21.3 Å². The second kappa shape index (κ2) is 9.75. The average Bonchev–Trinajstić information content (AvgIpc) is 3.07. The molecule has 0 spiro atoms. The lowest BCUT2D eigenvalue weighted by Gasteiger charge is -2.19. The first-order valence-electron chi connectivity index (χ1n) is 10.7. The lowest BCUT2D eigenvalue weighted by Crippen LogP contribution is -2.19. The van der Waals surface area contributed by atoms with Crippen molar-refractivity contribution in [2.24, 2.45) is 0 Å². The van der Waals surface area contributed by atoms with E-state index in [1.807, 2.05) is 35.0 Å². The predicted octanol–water partition coefficient (Wildman–Crippen LogP) is 3.49. The van der Waals surface area contributed by atoms with Crippen LogP contribution in [0.4, 0.5) is 17.1 Å². The topological polar surface area (TPSA) is 91.7 Å². The Morgan fingerprint density at radius 2 is 1.60 bits per heavy atom. The summed E-state index contributed by atoms with van der Waals surface area (Å²) in [6, 6.07) is 4.18. The highest BCUT2D eigenvalue weighted by atomic mass is 15.2. The van der Waals surface area contributed by atoms with Gasteiger partial charge in [-0.1, -0.05) is 13.3 Å². The van der Waals surface area contributed by atoms with E-state index in [4.69, 9.17) is 15.0 Å². The molecule has 0 aliphatic heterocycles. The monoisotopic (exact) mass is 410 g/mol. The van der Waals surface area contributed by atoms with Crippen molar-refractivity contribution in [2.75, 3.05) is 50.2 Å². The minimum absolute atomic E-state index is 0.760. The predicted molar refractivity (Wildman–Crippen MR) is 126 cm³/mol.